The number of pyridine rings is 1. The zero-order valence-corrected chi connectivity index (χ0v) is 13.7. The number of fused-ring (bicyclic) bond motifs is 3. The number of rotatable bonds is 1. The maximum Gasteiger partial charge on any atom is 0.257 e. The summed E-state index contributed by atoms with van der Waals surface area (Å²) in [5.41, 5.74) is 3.88. The number of H-pyrrole nitrogens is 1. The number of amides is 1. The predicted octanol–water partition coefficient (Wildman–Crippen LogP) is 4.07. The first kappa shape index (κ1) is 14.5. The summed E-state index contributed by atoms with van der Waals surface area (Å²) in [6.07, 6.45) is 0.800. The summed E-state index contributed by atoms with van der Waals surface area (Å²) in [5, 5.41) is 1.59. The lowest BCUT2D eigenvalue weighted by Gasteiger charge is -2.27. The molecular weight excluding hydrogens is 333 g/mol. The molecule has 0 unspecified atom stereocenters. The third-order valence-electron chi connectivity index (χ3n) is 4.22. The van der Waals surface area contributed by atoms with Crippen molar-refractivity contribution in [3.63, 3.8) is 0 Å². The highest BCUT2D eigenvalue weighted by Gasteiger charge is 2.26. The van der Waals surface area contributed by atoms with Crippen LogP contribution in [0, 0.1) is 0 Å². The molecule has 116 valence electrons. The van der Waals surface area contributed by atoms with Crippen molar-refractivity contribution in [1.82, 2.24) is 14.9 Å². The van der Waals surface area contributed by atoms with Gasteiger partial charge in [0.05, 0.1) is 5.56 Å². The van der Waals surface area contributed by atoms with Gasteiger partial charge in [0.1, 0.15) is 10.3 Å². The van der Waals surface area contributed by atoms with Crippen LogP contribution < -0.4 is 0 Å². The Labute approximate surface area is 143 Å². The molecule has 0 radical (unpaired) electrons. The zero-order valence-electron chi connectivity index (χ0n) is 12.1. The molecule has 2 aromatic heterocycles. The van der Waals surface area contributed by atoms with Gasteiger partial charge in [-0.05, 0) is 18.2 Å². The highest BCUT2D eigenvalue weighted by molar-refractivity contribution is 6.34. The van der Waals surface area contributed by atoms with Gasteiger partial charge in [0, 0.05) is 41.7 Å². The number of hydrogen-bond donors (Lipinski definition) is 1. The number of para-hydroxylation sites is 1. The molecular formula is C17H13Cl2N3O. The lowest BCUT2D eigenvalue weighted by atomic mass is 10.0. The molecule has 0 spiro atoms. The molecule has 1 amide bonds. The van der Waals surface area contributed by atoms with Gasteiger partial charge in [0.25, 0.3) is 5.91 Å². The molecule has 6 heteroatoms. The van der Waals surface area contributed by atoms with Gasteiger partial charge >= 0.3 is 0 Å². The Morgan fingerprint density at radius 1 is 1.17 bits per heavy atom. The Hall–Kier alpha value is -2.04. The van der Waals surface area contributed by atoms with Gasteiger partial charge in [-0.1, -0.05) is 41.4 Å². The van der Waals surface area contributed by atoms with Crippen molar-refractivity contribution in [2.24, 2.45) is 0 Å². The van der Waals surface area contributed by atoms with E-state index in [1.807, 2.05) is 12.1 Å². The average molecular weight is 346 g/mol. The quantitative estimate of drug-likeness (QED) is 0.676. The highest BCUT2D eigenvalue weighted by atomic mass is 35.5. The third kappa shape index (κ3) is 2.48. The van der Waals surface area contributed by atoms with Gasteiger partial charge in [-0.15, -0.1) is 0 Å². The Bertz CT molecular complexity index is 919. The van der Waals surface area contributed by atoms with E-state index < -0.39 is 0 Å². The van der Waals surface area contributed by atoms with Crippen LogP contribution in [-0.4, -0.2) is 27.3 Å². The normalized spacial score (nSPS) is 14.1. The van der Waals surface area contributed by atoms with Gasteiger partial charge in [-0.25, -0.2) is 4.98 Å². The van der Waals surface area contributed by atoms with Crippen molar-refractivity contribution >= 4 is 40.0 Å². The number of carbonyl (C=O) groups is 1. The van der Waals surface area contributed by atoms with E-state index in [9.17, 15) is 4.79 Å². The summed E-state index contributed by atoms with van der Waals surface area (Å²) in [5.74, 6) is -0.116. The Morgan fingerprint density at radius 2 is 2.00 bits per heavy atom. The monoisotopic (exact) mass is 345 g/mol. The van der Waals surface area contributed by atoms with Crippen LogP contribution in [-0.2, 0) is 13.0 Å². The number of nitrogens with zero attached hydrogens (tertiary/aromatic N) is 2. The second-order valence-corrected chi connectivity index (χ2v) is 6.32. The van der Waals surface area contributed by atoms with Crippen molar-refractivity contribution in [3.05, 3.63) is 63.5 Å². The minimum atomic E-state index is -0.116. The minimum absolute atomic E-state index is 0.116. The molecule has 3 heterocycles. The van der Waals surface area contributed by atoms with Crippen LogP contribution in [0.3, 0.4) is 0 Å². The summed E-state index contributed by atoms with van der Waals surface area (Å²) >= 11 is 11.9. The maximum absolute atomic E-state index is 12.7. The largest absolute Gasteiger partial charge is 0.358 e. The van der Waals surface area contributed by atoms with Crippen LogP contribution in [0.5, 0.6) is 0 Å². The standard InChI is InChI=1S/C17H13Cl2N3O/c18-15-6-5-11(16(19)21-15)17(23)22-8-7-14-12(9-22)10-3-1-2-4-13(10)20-14/h1-6,20H,7-9H2. The van der Waals surface area contributed by atoms with E-state index in [4.69, 9.17) is 23.2 Å². The fourth-order valence-corrected chi connectivity index (χ4v) is 3.51. The number of nitrogens with one attached hydrogen (secondary N) is 1. The van der Waals surface area contributed by atoms with E-state index in [1.165, 1.54) is 16.6 Å². The molecule has 0 bridgehead atoms. The highest BCUT2D eigenvalue weighted by Crippen LogP contribution is 2.29. The molecule has 4 rings (SSSR count). The number of aromatic nitrogens is 2. The Balaban J connectivity index is 1.68. The second-order valence-electron chi connectivity index (χ2n) is 5.58. The van der Waals surface area contributed by atoms with Gasteiger partial charge in [0.2, 0.25) is 0 Å². The maximum atomic E-state index is 12.7. The first-order valence-electron chi connectivity index (χ1n) is 7.33. The molecule has 4 nitrogen and oxygen atoms in total. The number of halogens is 2. The predicted molar refractivity (Wildman–Crippen MR) is 91.0 cm³/mol. The molecule has 23 heavy (non-hydrogen) atoms. The molecule has 1 aliphatic heterocycles. The minimum Gasteiger partial charge on any atom is -0.358 e. The fraction of sp³-hybridized carbons (Fsp3) is 0.176. The van der Waals surface area contributed by atoms with E-state index in [0.717, 1.165) is 11.9 Å². The van der Waals surface area contributed by atoms with Gasteiger partial charge in [0.15, 0.2) is 0 Å². The SMILES string of the molecule is O=C(c1ccc(Cl)nc1Cl)N1CCc2[nH]c3ccccc3c2C1. The summed E-state index contributed by atoms with van der Waals surface area (Å²) in [7, 11) is 0. The molecule has 0 atom stereocenters. The Kier molecular flexibility index (Phi) is 3.51. The van der Waals surface area contributed by atoms with E-state index in [-0.39, 0.29) is 16.2 Å². The van der Waals surface area contributed by atoms with E-state index in [1.54, 1.807) is 17.0 Å². The van der Waals surface area contributed by atoms with Crippen LogP contribution in [0.15, 0.2) is 36.4 Å². The second kappa shape index (κ2) is 5.55. The Morgan fingerprint density at radius 3 is 2.83 bits per heavy atom. The van der Waals surface area contributed by atoms with E-state index >= 15 is 0 Å². The fourth-order valence-electron chi connectivity index (χ4n) is 3.08. The smallest absolute Gasteiger partial charge is 0.257 e. The number of benzene rings is 1. The van der Waals surface area contributed by atoms with Crippen LogP contribution in [0.25, 0.3) is 10.9 Å². The number of carbonyl (C=O) groups excluding carboxylic acids is 1. The summed E-state index contributed by atoms with van der Waals surface area (Å²) in [4.78, 5) is 21.9. The zero-order chi connectivity index (χ0) is 16.0. The van der Waals surface area contributed by atoms with Crippen LogP contribution >= 0.6 is 23.2 Å². The topological polar surface area (TPSA) is 49.0 Å². The summed E-state index contributed by atoms with van der Waals surface area (Å²) < 4.78 is 0. The molecule has 0 aliphatic carbocycles. The summed E-state index contributed by atoms with van der Waals surface area (Å²) in [6.45, 7) is 1.22. The lowest BCUT2D eigenvalue weighted by molar-refractivity contribution is 0.0735. The summed E-state index contributed by atoms with van der Waals surface area (Å²) in [6, 6.07) is 11.4. The van der Waals surface area contributed by atoms with Gasteiger partial charge < -0.3 is 9.88 Å². The first-order chi connectivity index (χ1) is 11.1. The van der Waals surface area contributed by atoms with Crippen LogP contribution in [0.1, 0.15) is 21.6 Å². The number of aromatic amines is 1. The van der Waals surface area contributed by atoms with E-state index in [2.05, 4.69) is 22.1 Å². The molecule has 0 saturated carbocycles. The molecule has 3 aromatic rings. The molecule has 1 aliphatic rings. The average Bonchev–Trinajstić information content (AvgIpc) is 2.92. The van der Waals surface area contributed by atoms with Gasteiger partial charge in [-0.3, -0.25) is 4.79 Å². The van der Waals surface area contributed by atoms with Crippen molar-refractivity contribution in [3.8, 4) is 0 Å². The van der Waals surface area contributed by atoms with Crippen molar-refractivity contribution < 1.29 is 4.79 Å². The first-order valence-corrected chi connectivity index (χ1v) is 8.09. The van der Waals surface area contributed by atoms with Crippen LogP contribution in [0.4, 0.5) is 0 Å². The molecule has 0 saturated heterocycles. The molecule has 1 N–H and O–H groups in total. The van der Waals surface area contributed by atoms with Crippen molar-refractivity contribution in [1.29, 1.82) is 0 Å². The van der Waals surface area contributed by atoms with E-state index in [0.29, 0.717) is 18.7 Å². The van der Waals surface area contributed by atoms with Gasteiger partial charge in [-0.2, -0.15) is 0 Å². The molecule has 0 fully saturated rings. The third-order valence-corrected chi connectivity index (χ3v) is 4.71. The number of hydrogen-bond acceptors (Lipinski definition) is 2. The van der Waals surface area contributed by atoms with Crippen molar-refractivity contribution in [2.75, 3.05) is 6.54 Å². The van der Waals surface area contributed by atoms with Crippen LogP contribution in [0.2, 0.25) is 10.3 Å². The molecule has 1 aromatic carbocycles. The van der Waals surface area contributed by atoms with Crippen molar-refractivity contribution in [2.45, 2.75) is 13.0 Å². The lowest BCUT2D eigenvalue weighted by Crippen LogP contribution is -2.36.